The number of methoxy groups -OCH3 is 1. The van der Waals surface area contributed by atoms with Crippen LogP contribution in [0.25, 0.3) is 0 Å². The van der Waals surface area contributed by atoms with Crippen LogP contribution in [-0.4, -0.2) is 25.1 Å². The number of nitrogens with one attached hydrogen (secondary N) is 3. The molecule has 0 aliphatic rings. The van der Waals surface area contributed by atoms with Crippen molar-refractivity contribution < 1.29 is 14.3 Å². The van der Waals surface area contributed by atoms with Crippen LogP contribution in [0.2, 0.25) is 0 Å². The largest absolute Gasteiger partial charge is 0.494 e. The van der Waals surface area contributed by atoms with E-state index < -0.39 is 0 Å². The van der Waals surface area contributed by atoms with Crippen LogP contribution in [0.3, 0.4) is 0 Å². The van der Waals surface area contributed by atoms with Gasteiger partial charge in [0.1, 0.15) is 5.75 Å². The Morgan fingerprint density at radius 1 is 1.36 bits per heavy atom. The van der Waals surface area contributed by atoms with Gasteiger partial charge in [0.2, 0.25) is 5.91 Å². The third-order valence-electron chi connectivity index (χ3n) is 3.05. The molecule has 3 N–H and O–H groups in total. The molecule has 1 aromatic carbocycles. The number of hydrogen-bond acceptors (Lipinski definition) is 3. The number of ether oxygens (including phenoxy) is 1. The lowest BCUT2D eigenvalue weighted by Crippen LogP contribution is -2.37. The van der Waals surface area contributed by atoms with Gasteiger partial charge in [-0.25, -0.2) is 4.79 Å². The third kappa shape index (κ3) is 5.47. The fraction of sp³-hybridized carbons (Fsp3) is 0.375. The first kappa shape index (κ1) is 17.6. The van der Waals surface area contributed by atoms with Gasteiger partial charge in [-0.1, -0.05) is 13.0 Å². The van der Waals surface area contributed by atoms with E-state index in [1.807, 2.05) is 6.92 Å². The number of hydrogen-bond donors (Lipinski definition) is 3. The number of benzene rings is 1. The summed E-state index contributed by atoms with van der Waals surface area (Å²) in [5, 5.41) is 8.27. The van der Waals surface area contributed by atoms with Gasteiger partial charge < -0.3 is 20.7 Å². The Labute approximate surface area is 130 Å². The average Bonchev–Trinajstić information content (AvgIpc) is 2.47. The van der Waals surface area contributed by atoms with Gasteiger partial charge in [-0.3, -0.25) is 4.79 Å². The molecule has 0 saturated carbocycles. The topological polar surface area (TPSA) is 79.5 Å². The van der Waals surface area contributed by atoms with E-state index in [2.05, 4.69) is 22.5 Å². The van der Waals surface area contributed by atoms with E-state index in [1.54, 1.807) is 24.3 Å². The number of carbonyl (C=O) groups excluding carboxylic acids is 2. The van der Waals surface area contributed by atoms with Crippen molar-refractivity contribution >= 4 is 23.3 Å². The van der Waals surface area contributed by atoms with Crippen molar-refractivity contribution in [3.05, 3.63) is 30.9 Å². The monoisotopic (exact) mass is 305 g/mol. The molecular weight excluding hydrogens is 282 g/mol. The Balaban J connectivity index is 2.77. The highest BCUT2D eigenvalue weighted by Gasteiger charge is 2.12. The minimum Gasteiger partial charge on any atom is -0.494 e. The lowest BCUT2D eigenvalue weighted by atomic mass is 10.1. The molecule has 3 amide bonds. The molecule has 0 unspecified atom stereocenters. The number of carbonyl (C=O) groups is 2. The smallest absolute Gasteiger partial charge is 0.319 e. The van der Waals surface area contributed by atoms with Crippen LogP contribution in [0.15, 0.2) is 30.9 Å². The zero-order valence-corrected chi connectivity index (χ0v) is 13.2. The molecular formula is C16H23N3O3. The summed E-state index contributed by atoms with van der Waals surface area (Å²) < 4.78 is 5.24. The molecule has 0 saturated heterocycles. The number of urea groups is 1. The molecule has 0 aromatic heterocycles. The number of rotatable bonds is 7. The number of amides is 3. The molecule has 6 heteroatoms. The summed E-state index contributed by atoms with van der Waals surface area (Å²) >= 11 is 0. The van der Waals surface area contributed by atoms with Crippen LogP contribution < -0.4 is 20.7 Å². The van der Waals surface area contributed by atoms with E-state index in [-0.39, 0.29) is 18.0 Å². The van der Waals surface area contributed by atoms with Gasteiger partial charge in [0.15, 0.2) is 0 Å². The molecule has 0 bridgehead atoms. The quantitative estimate of drug-likeness (QED) is 0.677. The summed E-state index contributed by atoms with van der Waals surface area (Å²) in [4.78, 5) is 23.1. The summed E-state index contributed by atoms with van der Waals surface area (Å²) in [7, 11) is 1.50. The van der Waals surface area contributed by atoms with E-state index in [1.165, 1.54) is 14.0 Å². The molecule has 6 nitrogen and oxygen atoms in total. The van der Waals surface area contributed by atoms with E-state index in [0.29, 0.717) is 23.5 Å². The summed E-state index contributed by atoms with van der Waals surface area (Å²) in [6, 6.07) is 4.76. The fourth-order valence-electron chi connectivity index (χ4n) is 1.95. The molecule has 22 heavy (non-hydrogen) atoms. The van der Waals surface area contributed by atoms with Crippen molar-refractivity contribution in [3.8, 4) is 5.75 Å². The molecule has 0 aliphatic carbocycles. The molecule has 0 heterocycles. The molecule has 1 rings (SSSR count). The Bertz CT molecular complexity index is 543. The highest BCUT2D eigenvalue weighted by molar-refractivity contribution is 5.93. The molecule has 1 aromatic rings. The lowest BCUT2D eigenvalue weighted by molar-refractivity contribution is -0.114. The zero-order valence-electron chi connectivity index (χ0n) is 13.2. The Kier molecular flexibility index (Phi) is 6.95. The van der Waals surface area contributed by atoms with Crippen LogP contribution in [0.5, 0.6) is 5.75 Å². The maximum atomic E-state index is 12.0. The highest BCUT2D eigenvalue weighted by Crippen LogP contribution is 2.27. The Morgan fingerprint density at radius 2 is 2.09 bits per heavy atom. The Hall–Kier alpha value is -2.50. The molecule has 0 fully saturated rings. The first-order chi connectivity index (χ1) is 10.5. The first-order valence-corrected chi connectivity index (χ1v) is 7.14. The zero-order chi connectivity index (χ0) is 16.5. The minimum atomic E-state index is -0.306. The van der Waals surface area contributed by atoms with Gasteiger partial charge in [0.05, 0.1) is 12.8 Å². The average molecular weight is 305 g/mol. The van der Waals surface area contributed by atoms with Gasteiger partial charge in [-0.15, -0.1) is 6.58 Å². The van der Waals surface area contributed by atoms with E-state index in [9.17, 15) is 9.59 Å². The van der Waals surface area contributed by atoms with E-state index in [0.717, 1.165) is 6.42 Å². The normalized spacial score (nSPS) is 11.2. The second-order valence-electron chi connectivity index (χ2n) is 4.82. The van der Waals surface area contributed by atoms with Crippen molar-refractivity contribution in [2.45, 2.75) is 32.7 Å². The van der Waals surface area contributed by atoms with Crippen molar-refractivity contribution in [1.29, 1.82) is 0 Å². The maximum Gasteiger partial charge on any atom is 0.319 e. The SMILES string of the molecule is C=CC[C@H](CC)NC(=O)Nc1ccc(NC(C)=O)cc1OC. The first-order valence-electron chi connectivity index (χ1n) is 7.14. The molecule has 0 spiro atoms. The van der Waals surface area contributed by atoms with Crippen LogP contribution in [0.1, 0.15) is 26.7 Å². The van der Waals surface area contributed by atoms with Crippen molar-refractivity contribution in [3.63, 3.8) is 0 Å². The molecule has 1 atom stereocenters. The molecule has 120 valence electrons. The Morgan fingerprint density at radius 3 is 2.64 bits per heavy atom. The number of anilines is 2. The lowest BCUT2D eigenvalue weighted by Gasteiger charge is -2.17. The van der Waals surface area contributed by atoms with Gasteiger partial charge >= 0.3 is 6.03 Å². The van der Waals surface area contributed by atoms with Crippen LogP contribution in [0.4, 0.5) is 16.2 Å². The third-order valence-corrected chi connectivity index (χ3v) is 3.05. The highest BCUT2D eigenvalue weighted by atomic mass is 16.5. The van der Waals surface area contributed by atoms with Gasteiger partial charge in [0.25, 0.3) is 0 Å². The maximum absolute atomic E-state index is 12.0. The van der Waals surface area contributed by atoms with Crippen molar-refractivity contribution in [1.82, 2.24) is 5.32 Å². The summed E-state index contributed by atoms with van der Waals surface area (Å²) in [6.07, 6.45) is 3.30. The fourth-order valence-corrected chi connectivity index (χ4v) is 1.95. The predicted molar refractivity (Wildman–Crippen MR) is 88.3 cm³/mol. The second-order valence-corrected chi connectivity index (χ2v) is 4.82. The van der Waals surface area contributed by atoms with E-state index in [4.69, 9.17) is 4.74 Å². The van der Waals surface area contributed by atoms with Gasteiger partial charge in [0, 0.05) is 24.7 Å². The van der Waals surface area contributed by atoms with Crippen LogP contribution in [0, 0.1) is 0 Å². The van der Waals surface area contributed by atoms with Gasteiger partial charge in [-0.05, 0) is 25.0 Å². The minimum absolute atomic E-state index is 0.0437. The summed E-state index contributed by atoms with van der Waals surface area (Å²) in [6.45, 7) is 7.10. The molecule has 0 radical (unpaired) electrons. The van der Waals surface area contributed by atoms with Crippen LogP contribution in [-0.2, 0) is 4.79 Å². The van der Waals surface area contributed by atoms with Crippen molar-refractivity contribution in [2.75, 3.05) is 17.7 Å². The van der Waals surface area contributed by atoms with Crippen LogP contribution >= 0.6 is 0 Å². The van der Waals surface area contributed by atoms with Gasteiger partial charge in [-0.2, -0.15) is 0 Å². The summed E-state index contributed by atoms with van der Waals surface area (Å²) in [5.41, 5.74) is 1.14. The van der Waals surface area contributed by atoms with Crippen molar-refractivity contribution in [2.24, 2.45) is 0 Å². The second kappa shape index (κ2) is 8.71. The molecule has 0 aliphatic heterocycles. The summed E-state index contributed by atoms with van der Waals surface area (Å²) in [5.74, 6) is 0.300. The van der Waals surface area contributed by atoms with E-state index >= 15 is 0 Å². The standard InChI is InChI=1S/C16H23N3O3/c1-5-7-12(6-2)18-16(21)19-14-9-8-13(17-11(3)20)10-15(14)22-4/h5,8-10,12H,1,6-7H2,2-4H3,(H,17,20)(H2,18,19,21)/t12-/m0/s1. The predicted octanol–water partition coefficient (Wildman–Crippen LogP) is 3.13.